The summed E-state index contributed by atoms with van der Waals surface area (Å²) in [4.78, 5) is 67.8. The number of carbonyl (C=O) groups is 2. The molecule has 11 nitrogen and oxygen atoms in total. The Morgan fingerprint density at radius 2 is 1.66 bits per heavy atom. The minimum Gasteiger partial charge on any atom is -0.462 e. The van der Waals surface area contributed by atoms with E-state index >= 15 is 4.39 Å². The first-order valence-corrected chi connectivity index (χ1v) is 15.2. The summed E-state index contributed by atoms with van der Waals surface area (Å²) >= 11 is 0. The number of ether oxygens (including phenoxy) is 2. The van der Waals surface area contributed by atoms with Gasteiger partial charge in [0.05, 0.1) is 23.6 Å². The molecule has 1 saturated heterocycles. The maximum Gasteiger partial charge on any atom is 0.407 e. The van der Waals surface area contributed by atoms with Gasteiger partial charge in [-0.05, 0) is 52.3 Å². The number of nitrogens with zero attached hydrogens (tertiary/aromatic N) is 2. The van der Waals surface area contributed by atoms with Crippen molar-refractivity contribution in [2.45, 2.75) is 45.8 Å². The minimum absolute atomic E-state index is 0.00550. The normalized spacial score (nSPS) is 15.3. The van der Waals surface area contributed by atoms with Gasteiger partial charge in [-0.15, -0.1) is 0 Å². The van der Waals surface area contributed by atoms with Crippen molar-refractivity contribution >= 4 is 66.9 Å². The van der Waals surface area contributed by atoms with Crippen LogP contribution in [0.1, 0.15) is 44.5 Å². The zero-order chi connectivity index (χ0) is 33.4. The molecule has 4 aromatic carbocycles. The number of hydrogen-bond donors (Lipinski definition) is 1. The Balaban J connectivity index is 1.50. The third-order valence-electron chi connectivity index (χ3n) is 8.37. The second-order valence-corrected chi connectivity index (χ2v) is 12.6. The van der Waals surface area contributed by atoms with Crippen LogP contribution < -0.4 is 26.5 Å². The van der Waals surface area contributed by atoms with E-state index in [2.05, 4.69) is 5.32 Å². The smallest absolute Gasteiger partial charge is 0.407 e. The number of aromatic nitrogens is 1. The van der Waals surface area contributed by atoms with Gasteiger partial charge in [0, 0.05) is 40.8 Å². The highest BCUT2D eigenvalue weighted by molar-refractivity contribution is 6.08. The molecule has 1 fully saturated rings. The number of amides is 1. The Hall–Kier alpha value is -5.52. The number of nitrogens with one attached hydrogen (secondary N) is 1. The molecule has 0 saturated carbocycles. The zero-order valence-electron chi connectivity index (χ0n) is 26.1. The van der Waals surface area contributed by atoms with Crippen molar-refractivity contribution in [3.05, 3.63) is 90.7 Å². The highest BCUT2D eigenvalue weighted by atomic mass is 19.1. The topological polar surface area (TPSA) is 137 Å². The lowest BCUT2D eigenvalue weighted by atomic mass is 10.0. The number of halogens is 1. The van der Waals surface area contributed by atoms with Gasteiger partial charge in [-0.3, -0.25) is 14.4 Å². The van der Waals surface area contributed by atoms with Crippen LogP contribution in [-0.4, -0.2) is 47.8 Å². The standard InChI is InChI=1S/C35H30FN3O8/c1-5-45-33(43)23-16-39-25-13-20-21(30(41)19-9-7-6-8-18(19)29(20)40)14-26(25)46-32-27(39)22(31(23)42)12-24(36)28(32)38-11-10-17(15-38)37-34(44)47-35(2,3)4/h6-9,12-14,16-17H,5,10-11,15H2,1-4H3,(H,37,44)/t17-/m0/s1. The SMILES string of the molecule is CCOC(=O)c1cn2c3cc4c(=O)c5ccccc5c(=O)c4cc3oc3c(N4CC[C@H](NC(=O)OC(C)(C)C)C4)c(F)cc(c1=O)c32. The van der Waals surface area contributed by atoms with Crippen molar-refractivity contribution in [1.82, 2.24) is 9.72 Å². The molecular weight excluding hydrogens is 609 g/mol. The molecule has 1 atom stereocenters. The van der Waals surface area contributed by atoms with Gasteiger partial charge < -0.3 is 28.5 Å². The number of fused-ring (bicyclic) bond motifs is 4. The van der Waals surface area contributed by atoms with Crippen LogP contribution in [0, 0.1) is 5.82 Å². The average Bonchev–Trinajstić information content (AvgIpc) is 3.46. The van der Waals surface area contributed by atoms with E-state index in [1.165, 1.54) is 22.7 Å². The van der Waals surface area contributed by atoms with E-state index in [0.29, 0.717) is 13.0 Å². The fraction of sp³-hybridized carbons (Fsp3) is 0.286. The molecule has 0 aliphatic carbocycles. The molecule has 1 N–H and O–H groups in total. The van der Waals surface area contributed by atoms with Crippen LogP contribution in [0.15, 0.2) is 67.5 Å². The van der Waals surface area contributed by atoms with Crippen molar-refractivity contribution in [2.24, 2.45) is 0 Å². The lowest BCUT2D eigenvalue weighted by Crippen LogP contribution is -2.40. The number of pyridine rings is 1. The second kappa shape index (κ2) is 10.8. The summed E-state index contributed by atoms with van der Waals surface area (Å²) in [6.07, 6.45) is 1.17. The Kier molecular flexibility index (Phi) is 6.92. The number of hydrogen-bond acceptors (Lipinski definition) is 9. The van der Waals surface area contributed by atoms with Gasteiger partial charge in [-0.25, -0.2) is 14.0 Å². The fourth-order valence-electron chi connectivity index (χ4n) is 6.40. The first kappa shape index (κ1) is 30.2. The molecule has 240 valence electrons. The molecule has 6 aromatic rings. The van der Waals surface area contributed by atoms with Crippen LogP contribution in [-0.2, 0) is 9.47 Å². The summed E-state index contributed by atoms with van der Waals surface area (Å²) < 4.78 is 34.6. The molecule has 12 heteroatoms. The molecule has 0 radical (unpaired) electrons. The van der Waals surface area contributed by atoms with Gasteiger partial charge in [0.1, 0.15) is 22.4 Å². The summed E-state index contributed by atoms with van der Waals surface area (Å²) in [7, 11) is 0. The van der Waals surface area contributed by atoms with Gasteiger partial charge in [-0.1, -0.05) is 24.3 Å². The largest absolute Gasteiger partial charge is 0.462 e. The van der Waals surface area contributed by atoms with Crippen molar-refractivity contribution in [3.63, 3.8) is 0 Å². The molecule has 2 aromatic heterocycles. The first-order chi connectivity index (χ1) is 22.4. The van der Waals surface area contributed by atoms with E-state index in [-0.39, 0.29) is 90.4 Å². The molecule has 0 bridgehead atoms. The first-order valence-electron chi connectivity index (χ1n) is 15.2. The highest BCUT2D eigenvalue weighted by Crippen LogP contribution is 2.38. The highest BCUT2D eigenvalue weighted by Gasteiger charge is 2.32. The monoisotopic (exact) mass is 639 g/mol. The molecule has 1 amide bonds. The van der Waals surface area contributed by atoms with Crippen LogP contribution >= 0.6 is 0 Å². The molecule has 1 aliphatic heterocycles. The second-order valence-electron chi connectivity index (χ2n) is 12.6. The van der Waals surface area contributed by atoms with Gasteiger partial charge in [0.2, 0.25) is 5.43 Å². The van der Waals surface area contributed by atoms with Gasteiger partial charge >= 0.3 is 12.1 Å². The number of carbonyl (C=O) groups excluding carboxylic acids is 2. The van der Waals surface area contributed by atoms with Crippen LogP contribution in [0.2, 0.25) is 0 Å². The molecule has 3 heterocycles. The lowest BCUT2D eigenvalue weighted by molar-refractivity contribution is 0.0503. The van der Waals surface area contributed by atoms with Crippen LogP contribution in [0.4, 0.5) is 14.9 Å². The van der Waals surface area contributed by atoms with E-state index < -0.39 is 28.9 Å². The van der Waals surface area contributed by atoms with E-state index in [0.717, 1.165) is 6.07 Å². The molecule has 0 spiro atoms. The molecular formula is C35H30FN3O8. The summed E-state index contributed by atoms with van der Waals surface area (Å²) in [5.41, 5.74) is -1.93. The zero-order valence-corrected chi connectivity index (χ0v) is 26.1. The van der Waals surface area contributed by atoms with E-state index in [4.69, 9.17) is 13.9 Å². The number of esters is 1. The third kappa shape index (κ3) is 4.91. The van der Waals surface area contributed by atoms with Crippen molar-refractivity contribution in [1.29, 1.82) is 0 Å². The summed E-state index contributed by atoms with van der Waals surface area (Å²) in [6.45, 7) is 7.42. The summed E-state index contributed by atoms with van der Waals surface area (Å²) in [5, 5.41) is 3.43. The van der Waals surface area contributed by atoms with E-state index in [9.17, 15) is 24.0 Å². The molecule has 0 unspecified atom stereocenters. The predicted octanol–water partition coefficient (Wildman–Crippen LogP) is 5.08. The third-order valence-corrected chi connectivity index (χ3v) is 8.37. The molecule has 7 rings (SSSR count). The molecule has 1 aliphatic rings. The van der Waals surface area contributed by atoms with Crippen LogP contribution in [0.25, 0.3) is 49.1 Å². The number of alkyl carbamates (subject to hydrolysis) is 1. The maximum absolute atomic E-state index is 16.2. The number of rotatable bonds is 4. The Morgan fingerprint density at radius 1 is 0.979 bits per heavy atom. The van der Waals surface area contributed by atoms with Crippen molar-refractivity contribution in [3.8, 4) is 0 Å². The fourth-order valence-corrected chi connectivity index (χ4v) is 6.40. The van der Waals surface area contributed by atoms with Crippen LogP contribution in [0.3, 0.4) is 0 Å². The average molecular weight is 640 g/mol. The van der Waals surface area contributed by atoms with Gasteiger partial charge in [0.15, 0.2) is 27.8 Å². The van der Waals surface area contributed by atoms with E-state index in [1.807, 2.05) is 0 Å². The minimum atomic E-state index is -0.893. The quantitative estimate of drug-likeness (QED) is 0.159. The number of benzene rings is 4. The molecule has 47 heavy (non-hydrogen) atoms. The van der Waals surface area contributed by atoms with Crippen molar-refractivity contribution < 1.29 is 27.9 Å². The van der Waals surface area contributed by atoms with Gasteiger partial charge in [-0.2, -0.15) is 0 Å². The predicted molar refractivity (Wildman–Crippen MR) is 176 cm³/mol. The van der Waals surface area contributed by atoms with E-state index in [1.54, 1.807) is 56.9 Å². The Labute approximate surface area is 265 Å². The number of anilines is 1. The summed E-state index contributed by atoms with van der Waals surface area (Å²) in [5.74, 6) is -1.67. The Morgan fingerprint density at radius 3 is 2.32 bits per heavy atom. The maximum atomic E-state index is 16.2. The van der Waals surface area contributed by atoms with Crippen LogP contribution in [0.5, 0.6) is 0 Å². The Bertz CT molecular complexity index is 2480. The van der Waals surface area contributed by atoms with Gasteiger partial charge in [0.25, 0.3) is 0 Å². The van der Waals surface area contributed by atoms with Crippen molar-refractivity contribution in [2.75, 3.05) is 24.6 Å². The summed E-state index contributed by atoms with van der Waals surface area (Å²) in [6, 6.07) is 10.1. The lowest BCUT2D eigenvalue weighted by Gasteiger charge is -2.24.